The van der Waals surface area contributed by atoms with Crippen LogP contribution in [-0.4, -0.2) is 17.3 Å². The third kappa shape index (κ3) is 1.75. The Hall–Kier alpha value is -1.40. The first-order valence-electron chi connectivity index (χ1n) is 3.95. The van der Waals surface area contributed by atoms with Crippen molar-refractivity contribution < 1.29 is 9.26 Å². The number of nitrogens with zero attached hydrogens (tertiary/aromatic N) is 2. The van der Waals surface area contributed by atoms with Gasteiger partial charge in [0.05, 0.1) is 6.61 Å². The van der Waals surface area contributed by atoms with Gasteiger partial charge in [0.2, 0.25) is 5.88 Å². The van der Waals surface area contributed by atoms with Crippen molar-refractivity contribution in [2.45, 2.75) is 6.61 Å². The average Bonchev–Trinajstić information content (AvgIpc) is 2.74. The number of hydrogen-bond acceptors (Lipinski definition) is 6. The van der Waals surface area contributed by atoms with Crippen molar-refractivity contribution in [3.05, 3.63) is 16.5 Å². The van der Waals surface area contributed by atoms with Crippen LogP contribution in [0.15, 0.2) is 16.0 Å². The van der Waals surface area contributed by atoms with Gasteiger partial charge >= 0.3 is 0 Å². The van der Waals surface area contributed by atoms with Crippen LogP contribution in [0.2, 0.25) is 0 Å². The molecule has 0 aliphatic carbocycles. The van der Waals surface area contributed by atoms with Gasteiger partial charge in [-0.15, -0.1) is 11.3 Å². The van der Waals surface area contributed by atoms with Gasteiger partial charge in [-0.1, -0.05) is 5.16 Å². The number of rotatable bonds is 3. The molecule has 14 heavy (non-hydrogen) atoms. The summed E-state index contributed by atoms with van der Waals surface area (Å²) in [6, 6.07) is 1.64. The number of thiazole rings is 1. The smallest absolute Gasteiger partial charge is 0.222 e. The summed E-state index contributed by atoms with van der Waals surface area (Å²) in [7, 11) is 1.63. The van der Waals surface area contributed by atoms with Crippen molar-refractivity contribution in [3.8, 4) is 11.4 Å². The highest BCUT2D eigenvalue weighted by molar-refractivity contribution is 7.09. The Morgan fingerprint density at radius 3 is 3.07 bits per heavy atom. The van der Waals surface area contributed by atoms with Crippen LogP contribution >= 0.6 is 11.3 Å². The van der Waals surface area contributed by atoms with Crippen LogP contribution in [0, 0.1) is 0 Å². The number of aromatic nitrogens is 2. The zero-order valence-corrected chi connectivity index (χ0v) is 8.37. The van der Waals surface area contributed by atoms with Crippen molar-refractivity contribution in [3.63, 3.8) is 0 Å². The van der Waals surface area contributed by atoms with Crippen LogP contribution in [0.1, 0.15) is 5.01 Å². The van der Waals surface area contributed by atoms with Crippen molar-refractivity contribution in [1.29, 1.82) is 0 Å². The van der Waals surface area contributed by atoms with E-state index >= 15 is 0 Å². The summed E-state index contributed by atoms with van der Waals surface area (Å²) >= 11 is 1.52. The van der Waals surface area contributed by atoms with E-state index in [1.165, 1.54) is 11.3 Å². The Balaban J connectivity index is 2.24. The van der Waals surface area contributed by atoms with Crippen LogP contribution in [0.4, 0.5) is 5.88 Å². The first kappa shape index (κ1) is 9.17. The Morgan fingerprint density at radius 1 is 1.57 bits per heavy atom. The Kier molecular flexibility index (Phi) is 2.47. The maximum absolute atomic E-state index is 5.40. The minimum absolute atomic E-state index is 0.293. The fourth-order valence-corrected chi connectivity index (χ4v) is 1.79. The fourth-order valence-electron chi connectivity index (χ4n) is 1.03. The van der Waals surface area contributed by atoms with Crippen molar-refractivity contribution >= 4 is 17.2 Å². The second kappa shape index (κ2) is 3.77. The predicted octanol–water partition coefficient (Wildman–Crippen LogP) is 1.53. The fraction of sp³-hybridized carbons (Fsp3) is 0.250. The van der Waals surface area contributed by atoms with Gasteiger partial charge in [-0.25, -0.2) is 4.98 Å². The van der Waals surface area contributed by atoms with Crippen molar-refractivity contribution in [2.24, 2.45) is 0 Å². The Morgan fingerprint density at radius 2 is 2.43 bits per heavy atom. The third-order valence-electron chi connectivity index (χ3n) is 1.61. The number of methoxy groups -OCH3 is 1. The Bertz CT molecular complexity index is 424. The van der Waals surface area contributed by atoms with E-state index in [1.54, 1.807) is 13.2 Å². The van der Waals surface area contributed by atoms with E-state index in [9.17, 15) is 0 Å². The summed E-state index contributed by atoms with van der Waals surface area (Å²) in [5.74, 6) is 0.293. The molecule has 0 aliphatic rings. The number of nitrogen functional groups attached to an aromatic ring is 1. The molecule has 0 aromatic carbocycles. The molecule has 2 aromatic heterocycles. The minimum atomic E-state index is 0.293. The minimum Gasteiger partial charge on any atom is -0.378 e. The number of ether oxygens (including phenoxy) is 1. The third-order valence-corrected chi connectivity index (χ3v) is 2.43. The monoisotopic (exact) mass is 211 g/mol. The van der Waals surface area contributed by atoms with E-state index in [4.69, 9.17) is 15.0 Å². The molecule has 6 heteroatoms. The normalized spacial score (nSPS) is 10.6. The average molecular weight is 211 g/mol. The van der Waals surface area contributed by atoms with Crippen LogP contribution in [0.3, 0.4) is 0 Å². The topological polar surface area (TPSA) is 74.2 Å². The molecule has 0 bridgehead atoms. The second-order valence-corrected chi connectivity index (χ2v) is 3.62. The number of nitrogens with two attached hydrogens (primary N) is 1. The lowest BCUT2D eigenvalue weighted by atomic mass is 10.3. The Labute approximate surface area is 84.5 Å². The highest BCUT2D eigenvalue weighted by Crippen LogP contribution is 2.22. The predicted molar refractivity (Wildman–Crippen MR) is 52.7 cm³/mol. The number of hydrogen-bond donors (Lipinski definition) is 1. The maximum Gasteiger partial charge on any atom is 0.222 e. The molecular formula is C8H9N3O2S. The summed E-state index contributed by atoms with van der Waals surface area (Å²) in [6.07, 6.45) is 0. The van der Waals surface area contributed by atoms with Gasteiger partial charge in [0.15, 0.2) is 0 Å². The molecule has 2 heterocycles. The van der Waals surface area contributed by atoms with Gasteiger partial charge < -0.3 is 15.0 Å². The lowest BCUT2D eigenvalue weighted by Crippen LogP contribution is -1.85. The van der Waals surface area contributed by atoms with Crippen LogP contribution in [0.5, 0.6) is 0 Å². The summed E-state index contributed by atoms with van der Waals surface area (Å²) in [5.41, 5.74) is 6.82. The van der Waals surface area contributed by atoms with Gasteiger partial charge in [0.25, 0.3) is 0 Å². The SMILES string of the molecule is COCc1nc(-c2cc(N)on2)cs1. The molecule has 0 unspecified atom stereocenters. The van der Waals surface area contributed by atoms with Crippen LogP contribution in [-0.2, 0) is 11.3 Å². The van der Waals surface area contributed by atoms with E-state index in [2.05, 4.69) is 10.1 Å². The van der Waals surface area contributed by atoms with E-state index in [0.29, 0.717) is 18.2 Å². The highest BCUT2D eigenvalue weighted by atomic mass is 32.1. The summed E-state index contributed by atoms with van der Waals surface area (Å²) in [5, 5.41) is 6.56. The van der Waals surface area contributed by atoms with Crippen LogP contribution in [0.25, 0.3) is 11.4 Å². The molecule has 74 valence electrons. The van der Waals surface area contributed by atoms with Gasteiger partial charge in [-0.05, 0) is 0 Å². The molecule has 2 N–H and O–H groups in total. The first-order chi connectivity index (χ1) is 6.79. The molecule has 0 amide bonds. The molecule has 0 saturated heterocycles. The molecule has 0 saturated carbocycles. The summed E-state index contributed by atoms with van der Waals surface area (Å²) in [4.78, 5) is 4.30. The molecule has 0 radical (unpaired) electrons. The summed E-state index contributed by atoms with van der Waals surface area (Å²) < 4.78 is 9.71. The van der Waals surface area contributed by atoms with Crippen LogP contribution < -0.4 is 5.73 Å². The van der Waals surface area contributed by atoms with Gasteiger partial charge in [-0.3, -0.25) is 0 Å². The van der Waals surface area contributed by atoms with E-state index in [-0.39, 0.29) is 0 Å². The molecular weight excluding hydrogens is 202 g/mol. The summed E-state index contributed by atoms with van der Waals surface area (Å²) in [6.45, 7) is 0.512. The molecule has 5 nitrogen and oxygen atoms in total. The van der Waals surface area contributed by atoms with E-state index in [1.807, 2.05) is 5.38 Å². The molecule has 0 aliphatic heterocycles. The standard InChI is InChI=1S/C8H9N3O2S/c1-12-3-8-10-6(4-14-8)5-2-7(9)13-11-5/h2,4H,3,9H2,1H3. The second-order valence-electron chi connectivity index (χ2n) is 2.67. The van der Waals surface area contributed by atoms with Gasteiger partial charge in [0.1, 0.15) is 16.4 Å². The molecule has 0 fully saturated rings. The zero-order chi connectivity index (χ0) is 9.97. The maximum atomic E-state index is 5.40. The molecule has 0 atom stereocenters. The lowest BCUT2D eigenvalue weighted by molar-refractivity contribution is 0.184. The number of anilines is 1. The molecule has 2 rings (SSSR count). The van der Waals surface area contributed by atoms with Crippen molar-refractivity contribution in [2.75, 3.05) is 12.8 Å². The molecule has 2 aromatic rings. The highest BCUT2D eigenvalue weighted by Gasteiger charge is 2.08. The van der Waals surface area contributed by atoms with E-state index in [0.717, 1.165) is 10.7 Å². The van der Waals surface area contributed by atoms with E-state index < -0.39 is 0 Å². The first-order valence-corrected chi connectivity index (χ1v) is 4.83. The quantitative estimate of drug-likeness (QED) is 0.833. The van der Waals surface area contributed by atoms with Gasteiger partial charge in [-0.2, -0.15) is 0 Å². The van der Waals surface area contributed by atoms with Crippen molar-refractivity contribution in [1.82, 2.24) is 10.1 Å². The zero-order valence-electron chi connectivity index (χ0n) is 7.56. The lowest BCUT2D eigenvalue weighted by Gasteiger charge is -1.89. The molecule has 0 spiro atoms. The largest absolute Gasteiger partial charge is 0.378 e. The van der Waals surface area contributed by atoms with Gasteiger partial charge in [0, 0.05) is 18.6 Å².